The zero-order chi connectivity index (χ0) is 10.9. The van der Waals surface area contributed by atoms with E-state index >= 15 is 0 Å². The van der Waals surface area contributed by atoms with Gasteiger partial charge in [0.05, 0.1) is 0 Å². The lowest BCUT2D eigenvalue weighted by Gasteiger charge is -2.30. The van der Waals surface area contributed by atoms with Gasteiger partial charge in [-0.15, -0.1) is 0 Å². The highest BCUT2D eigenvalue weighted by Crippen LogP contribution is 2.34. The lowest BCUT2D eigenvalue weighted by molar-refractivity contribution is 0.372. The van der Waals surface area contributed by atoms with Crippen molar-refractivity contribution in [2.45, 2.75) is 33.1 Å². The Bertz CT molecular complexity index is 307. The molecule has 0 fully saturated rings. The van der Waals surface area contributed by atoms with Crippen LogP contribution in [0.15, 0.2) is 18.2 Å². The molecule has 1 aromatic rings. The molecule has 0 N–H and O–H groups in total. The Morgan fingerprint density at radius 3 is 1.79 bits per heavy atom. The molecule has 0 bridgehead atoms. The average Bonchev–Trinajstić information content (AvgIpc) is 2.01. The number of halogens is 2. The topological polar surface area (TPSA) is 0 Å². The Kier molecular flexibility index (Phi) is 3.49. The SMILES string of the molecule is CC(C)C(C)(C)c1cc(Cl)cc(Cl)c1. The van der Waals surface area contributed by atoms with Gasteiger partial charge in [-0.2, -0.15) is 0 Å². The van der Waals surface area contributed by atoms with Crippen molar-refractivity contribution in [1.82, 2.24) is 0 Å². The first-order chi connectivity index (χ1) is 6.34. The molecule has 78 valence electrons. The molecular weight excluding hydrogens is 215 g/mol. The molecule has 1 rings (SSSR count). The van der Waals surface area contributed by atoms with E-state index in [0.29, 0.717) is 16.0 Å². The summed E-state index contributed by atoms with van der Waals surface area (Å²) >= 11 is 12.0. The Labute approximate surface area is 96.2 Å². The maximum Gasteiger partial charge on any atom is 0.0423 e. The molecule has 0 saturated heterocycles. The number of rotatable bonds is 2. The summed E-state index contributed by atoms with van der Waals surface area (Å²) in [6.45, 7) is 8.82. The van der Waals surface area contributed by atoms with Crippen LogP contribution in [-0.4, -0.2) is 0 Å². The molecule has 0 atom stereocenters. The van der Waals surface area contributed by atoms with Crippen molar-refractivity contribution < 1.29 is 0 Å². The molecule has 0 unspecified atom stereocenters. The van der Waals surface area contributed by atoms with Gasteiger partial charge in [0.1, 0.15) is 0 Å². The first-order valence-electron chi connectivity index (χ1n) is 4.80. The fraction of sp³-hybridized carbons (Fsp3) is 0.500. The standard InChI is InChI=1S/C12H16Cl2/c1-8(2)12(3,4)9-5-10(13)7-11(14)6-9/h5-8H,1-4H3. The molecular formula is C12H16Cl2. The van der Waals surface area contributed by atoms with Crippen molar-refractivity contribution in [1.29, 1.82) is 0 Å². The van der Waals surface area contributed by atoms with Crippen LogP contribution in [0.25, 0.3) is 0 Å². The van der Waals surface area contributed by atoms with E-state index in [1.807, 2.05) is 12.1 Å². The number of benzene rings is 1. The lowest BCUT2D eigenvalue weighted by atomic mass is 9.75. The predicted molar refractivity (Wildman–Crippen MR) is 64.3 cm³/mol. The van der Waals surface area contributed by atoms with E-state index in [4.69, 9.17) is 23.2 Å². The van der Waals surface area contributed by atoms with Gasteiger partial charge in [-0.1, -0.05) is 50.9 Å². The molecule has 0 saturated carbocycles. The third-order valence-corrected chi connectivity index (χ3v) is 3.49. The van der Waals surface area contributed by atoms with Gasteiger partial charge in [0.2, 0.25) is 0 Å². The van der Waals surface area contributed by atoms with Crippen molar-refractivity contribution in [3.63, 3.8) is 0 Å². The third kappa shape index (κ3) is 2.43. The Morgan fingerprint density at radius 1 is 1.00 bits per heavy atom. The van der Waals surface area contributed by atoms with Crippen molar-refractivity contribution in [2.24, 2.45) is 5.92 Å². The predicted octanol–water partition coefficient (Wildman–Crippen LogP) is 4.93. The van der Waals surface area contributed by atoms with Crippen molar-refractivity contribution in [2.75, 3.05) is 0 Å². The monoisotopic (exact) mass is 230 g/mol. The Balaban J connectivity index is 3.18. The highest BCUT2D eigenvalue weighted by molar-refractivity contribution is 6.34. The normalized spacial score (nSPS) is 12.2. The van der Waals surface area contributed by atoms with Crippen molar-refractivity contribution >= 4 is 23.2 Å². The maximum absolute atomic E-state index is 5.98. The molecule has 0 amide bonds. The van der Waals surface area contributed by atoms with E-state index < -0.39 is 0 Å². The largest absolute Gasteiger partial charge is 0.0843 e. The van der Waals surface area contributed by atoms with Crippen LogP contribution in [0.5, 0.6) is 0 Å². The summed E-state index contributed by atoms with van der Waals surface area (Å²) in [6, 6.07) is 5.75. The first-order valence-corrected chi connectivity index (χ1v) is 5.56. The van der Waals surface area contributed by atoms with E-state index in [1.54, 1.807) is 6.07 Å². The minimum atomic E-state index is 0.106. The quantitative estimate of drug-likeness (QED) is 0.677. The molecule has 0 heterocycles. The summed E-state index contributed by atoms with van der Waals surface area (Å²) in [5.74, 6) is 0.553. The minimum Gasteiger partial charge on any atom is -0.0843 e. The fourth-order valence-electron chi connectivity index (χ4n) is 1.26. The van der Waals surface area contributed by atoms with Gasteiger partial charge in [0.25, 0.3) is 0 Å². The van der Waals surface area contributed by atoms with Crippen LogP contribution >= 0.6 is 23.2 Å². The average molecular weight is 231 g/mol. The summed E-state index contributed by atoms with van der Waals surface area (Å²) in [4.78, 5) is 0. The number of hydrogen-bond donors (Lipinski definition) is 0. The Morgan fingerprint density at radius 2 is 1.43 bits per heavy atom. The molecule has 0 aliphatic heterocycles. The second-order valence-electron chi connectivity index (χ2n) is 4.53. The van der Waals surface area contributed by atoms with Gasteiger partial charge in [0.15, 0.2) is 0 Å². The van der Waals surface area contributed by atoms with Crippen LogP contribution in [0.1, 0.15) is 33.3 Å². The third-order valence-electron chi connectivity index (χ3n) is 3.05. The van der Waals surface area contributed by atoms with Crippen LogP contribution in [0.2, 0.25) is 10.0 Å². The second kappa shape index (κ2) is 4.12. The van der Waals surface area contributed by atoms with E-state index in [1.165, 1.54) is 5.56 Å². The second-order valence-corrected chi connectivity index (χ2v) is 5.41. The van der Waals surface area contributed by atoms with Gasteiger partial charge in [-0.05, 0) is 35.1 Å². The van der Waals surface area contributed by atoms with Crippen molar-refractivity contribution in [3.8, 4) is 0 Å². The van der Waals surface area contributed by atoms with Crippen LogP contribution in [0.3, 0.4) is 0 Å². The van der Waals surface area contributed by atoms with Gasteiger partial charge >= 0.3 is 0 Å². The summed E-state index contributed by atoms with van der Waals surface area (Å²) in [6.07, 6.45) is 0. The number of hydrogen-bond acceptors (Lipinski definition) is 0. The smallest absolute Gasteiger partial charge is 0.0423 e. The Hall–Kier alpha value is -0.200. The maximum atomic E-state index is 5.98. The summed E-state index contributed by atoms with van der Waals surface area (Å²) in [5.41, 5.74) is 1.30. The molecule has 0 aromatic heterocycles. The van der Waals surface area contributed by atoms with Crippen LogP contribution in [0.4, 0.5) is 0 Å². The summed E-state index contributed by atoms with van der Waals surface area (Å²) in [7, 11) is 0. The van der Waals surface area contributed by atoms with E-state index in [0.717, 1.165) is 0 Å². The molecule has 0 nitrogen and oxygen atoms in total. The van der Waals surface area contributed by atoms with E-state index in [-0.39, 0.29) is 5.41 Å². The van der Waals surface area contributed by atoms with Gasteiger partial charge < -0.3 is 0 Å². The minimum absolute atomic E-state index is 0.106. The zero-order valence-corrected chi connectivity index (χ0v) is 10.6. The molecule has 1 aromatic carbocycles. The first kappa shape index (κ1) is 11.9. The molecule has 14 heavy (non-hydrogen) atoms. The van der Waals surface area contributed by atoms with E-state index in [9.17, 15) is 0 Å². The fourth-order valence-corrected chi connectivity index (χ4v) is 1.79. The van der Waals surface area contributed by atoms with Gasteiger partial charge in [-0.25, -0.2) is 0 Å². The molecule has 0 radical (unpaired) electrons. The van der Waals surface area contributed by atoms with E-state index in [2.05, 4.69) is 27.7 Å². The zero-order valence-electron chi connectivity index (χ0n) is 9.07. The molecule has 0 aliphatic carbocycles. The molecule has 0 aliphatic rings. The van der Waals surface area contributed by atoms with Gasteiger partial charge in [0, 0.05) is 10.0 Å². The van der Waals surface area contributed by atoms with Crippen molar-refractivity contribution in [3.05, 3.63) is 33.8 Å². The molecule has 2 heteroatoms. The van der Waals surface area contributed by atoms with Gasteiger partial charge in [-0.3, -0.25) is 0 Å². The highest BCUT2D eigenvalue weighted by atomic mass is 35.5. The molecule has 0 spiro atoms. The summed E-state index contributed by atoms with van der Waals surface area (Å²) in [5, 5.41) is 1.42. The van der Waals surface area contributed by atoms with Crippen LogP contribution in [0, 0.1) is 5.92 Å². The lowest BCUT2D eigenvalue weighted by Crippen LogP contribution is -2.24. The van der Waals surface area contributed by atoms with Crippen LogP contribution in [-0.2, 0) is 5.41 Å². The highest BCUT2D eigenvalue weighted by Gasteiger charge is 2.25. The summed E-state index contributed by atoms with van der Waals surface area (Å²) < 4.78 is 0. The van der Waals surface area contributed by atoms with Crippen LogP contribution < -0.4 is 0 Å².